The minimum Gasteiger partial charge on any atom is -0.475 e. The van der Waals surface area contributed by atoms with Gasteiger partial charge in [0, 0.05) is 5.92 Å². The SMILES string of the molecule is NCC1CCC2N=C(C3CCCCC3)OC2C1. The summed E-state index contributed by atoms with van der Waals surface area (Å²) >= 11 is 0. The van der Waals surface area contributed by atoms with Crippen LogP contribution in [0, 0.1) is 11.8 Å². The van der Waals surface area contributed by atoms with E-state index < -0.39 is 0 Å². The summed E-state index contributed by atoms with van der Waals surface area (Å²) in [6.45, 7) is 0.811. The molecule has 2 saturated carbocycles. The molecule has 3 nitrogen and oxygen atoms in total. The highest BCUT2D eigenvalue weighted by atomic mass is 16.5. The minimum atomic E-state index is 0.356. The van der Waals surface area contributed by atoms with E-state index in [0.717, 1.165) is 18.9 Å². The molecule has 0 aromatic rings. The number of ether oxygens (including phenoxy) is 1. The van der Waals surface area contributed by atoms with Crippen LogP contribution in [0.1, 0.15) is 51.4 Å². The molecule has 1 heterocycles. The van der Waals surface area contributed by atoms with Gasteiger partial charge in [-0.1, -0.05) is 19.3 Å². The van der Waals surface area contributed by atoms with E-state index in [2.05, 4.69) is 0 Å². The van der Waals surface area contributed by atoms with Crippen molar-refractivity contribution in [2.24, 2.45) is 22.6 Å². The molecule has 0 saturated heterocycles. The van der Waals surface area contributed by atoms with Crippen molar-refractivity contribution in [3.05, 3.63) is 0 Å². The van der Waals surface area contributed by atoms with Crippen molar-refractivity contribution in [2.45, 2.75) is 63.5 Å². The van der Waals surface area contributed by atoms with E-state index in [9.17, 15) is 0 Å². The molecule has 17 heavy (non-hydrogen) atoms. The number of rotatable bonds is 2. The molecule has 2 fully saturated rings. The zero-order valence-corrected chi connectivity index (χ0v) is 10.6. The van der Waals surface area contributed by atoms with Gasteiger partial charge in [-0.15, -0.1) is 0 Å². The molecule has 0 spiro atoms. The van der Waals surface area contributed by atoms with Gasteiger partial charge in [0.1, 0.15) is 6.10 Å². The summed E-state index contributed by atoms with van der Waals surface area (Å²) in [7, 11) is 0. The number of nitrogens with two attached hydrogens (primary N) is 1. The summed E-state index contributed by atoms with van der Waals surface area (Å²) in [5, 5.41) is 0. The van der Waals surface area contributed by atoms with Gasteiger partial charge in [0.05, 0.1) is 6.04 Å². The van der Waals surface area contributed by atoms with Crippen LogP contribution in [0.5, 0.6) is 0 Å². The molecule has 3 aliphatic rings. The third-order valence-corrected chi connectivity index (χ3v) is 4.72. The molecule has 1 aliphatic heterocycles. The molecular weight excluding hydrogens is 212 g/mol. The van der Waals surface area contributed by atoms with E-state index in [-0.39, 0.29) is 0 Å². The Morgan fingerprint density at radius 1 is 1.12 bits per heavy atom. The maximum atomic E-state index is 6.13. The summed E-state index contributed by atoms with van der Waals surface area (Å²) in [4.78, 5) is 4.86. The fraction of sp³-hybridized carbons (Fsp3) is 0.929. The average Bonchev–Trinajstić information content (AvgIpc) is 2.82. The van der Waals surface area contributed by atoms with Gasteiger partial charge in [-0.25, -0.2) is 4.99 Å². The van der Waals surface area contributed by atoms with E-state index in [1.54, 1.807) is 0 Å². The van der Waals surface area contributed by atoms with Gasteiger partial charge in [-0.2, -0.15) is 0 Å². The minimum absolute atomic E-state index is 0.356. The Morgan fingerprint density at radius 3 is 2.71 bits per heavy atom. The third kappa shape index (κ3) is 2.35. The first-order valence-corrected chi connectivity index (χ1v) is 7.31. The lowest BCUT2D eigenvalue weighted by Gasteiger charge is -2.29. The van der Waals surface area contributed by atoms with Crippen molar-refractivity contribution in [1.82, 2.24) is 0 Å². The van der Waals surface area contributed by atoms with Crippen LogP contribution in [0.4, 0.5) is 0 Å². The molecule has 0 radical (unpaired) electrons. The molecule has 0 aromatic carbocycles. The Balaban J connectivity index is 1.62. The predicted molar refractivity (Wildman–Crippen MR) is 69.1 cm³/mol. The molecule has 96 valence electrons. The highest BCUT2D eigenvalue weighted by molar-refractivity contribution is 5.80. The van der Waals surface area contributed by atoms with Gasteiger partial charge < -0.3 is 10.5 Å². The lowest BCUT2D eigenvalue weighted by molar-refractivity contribution is 0.114. The van der Waals surface area contributed by atoms with Crippen LogP contribution >= 0.6 is 0 Å². The highest BCUT2D eigenvalue weighted by Gasteiger charge is 2.38. The second-order valence-electron chi connectivity index (χ2n) is 5.94. The van der Waals surface area contributed by atoms with Gasteiger partial charge in [-0.05, 0) is 44.6 Å². The van der Waals surface area contributed by atoms with E-state index in [1.807, 2.05) is 0 Å². The van der Waals surface area contributed by atoms with Gasteiger partial charge in [0.25, 0.3) is 0 Å². The molecule has 2 aliphatic carbocycles. The molecule has 0 amide bonds. The molecular formula is C14H24N2O. The maximum absolute atomic E-state index is 6.13. The van der Waals surface area contributed by atoms with Crippen LogP contribution in [0.2, 0.25) is 0 Å². The predicted octanol–water partition coefficient (Wildman–Crippen LogP) is 2.49. The van der Waals surface area contributed by atoms with Crippen LogP contribution in [-0.2, 0) is 4.74 Å². The molecule has 0 bridgehead atoms. The van der Waals surface area contributed by atoms with Crippen LogP contribution in [0.15, 0.2) is 4.99 Å². The Morgan fingerprint density at radius 2 is 1.94 bits per heavy atom. The summed E-state index contributed by atoms with van der Waals surface area (Å²) in [6, 6.07) is 0.453. The maximum Gasteiger partial charge on any atom is 0.187 e. The van der Waals surface area contributed by atoms with E-state index in [0.29, 0.717) is 24.0 Å². The van der Waals surface area contributed by atoms with Crippen molar-refractivity contribution < 1.29 is 4.74 Å². The average molecular weight is 236 g/mol. The topological polar surface area (TPSA) is 47.6 Å². The molecule has 2 N–H and O–H groups in total. The normalized spacial score (nSPS) is 38.4. The smallest absolute Gasteiger partial charge is 0.187 e. The second-order valence-corrected chi connectivity index (χ2v) is 5.94. The van der Waals surface area contributed by atoms with E-state index in [1.165, 1.54) is 44.9 Å². The number of hydrogen-bond donors (Lipinski definition) is 1. The summed E-state index contributed by atoms with van der Waals surface area (Å²) in [6.07, 6.45) is 10.6. The fourth-order valence-electron chi connectivity index (χ4n) is 3.58. The van der Waals surface area contributed by atoms with Gasteiger partial charge in [0.15, 0.2) is 5.90 Å². The molecule has 0 aromatic heterocycles. The number of fused-ring (bicyclic) bond motifs is 1. The van der Waals surface area contributed by atoms with Crippen LogP contribution in [-0.4, -0.2) is 24.6 Å². The standard InChI is InChI=1S/C14H24N2O/c15-9-10-6-7-12-13(8-10)17-14(16-12)11-4-2-1-3-5-11/h10-13H,1-9,15H2. The van der Waals surface area contributed by atoms with Crippen molar-refractivity contribution in [3.63, 3.8) is 0 Å². The number of hydrogen-bond acceptors (Lipinski definition) is 3. The third-order valence-electron chi connectivity index (χ3n) is 4.72. The zero-order chi connectivity index (χ0) is 11.7. The van der Waals surface area contributed by atoms with Gasteiger partial charge in [0.2, 0.25) is 0 Å². The van der Waals surface area contributed by atoms with E-state index >= 15 is 0 Å². The van der Waals surface area contributed by atoms with E-state index in [4.69, 9.17) is 15.5 Å². The first-order chi connectivity index (χ1) is 8.36. The molecule has 3 heteroatoms. The van der Waals surface area contributed by atoms with Crippen LogP contribution < -0.4 is 5.73 Å². The largest absolute Gasteiger partial charge is 0.475 e. The second kappa shape index (κ2) is 4.97. The van der Waals surface area contributed by atoms with Crippen LogP contribution in [0.25, 0.3) is 0 Å². The number of nitrogens with zero attached hydrogens (tertiary/aromatic N) is 1. The van der Waals surface area contributed by atoms with Gasteiger partial charge in [-0.3, -0.25) is 0 Å². The van der Waals surface area contributed by atoms with Crippen LogP contribution in [0.3, 0.4) is 0 Å². The molecule has 3 unspecified atom stereocenters. The lowest BCUT2D eigenvalue weighted by atomic mass is 9.84. The summed E-state index contributed by atoms with van der Waals surface area (Å²) < 4.78 is 6.13. The van der Waals surface area contributed by atoms with Crippen molar-refractivity contribution in [3.8, 4) is 0 Å². The van der Waals surface area contributed by atoms with Crippen molar-refractivity contribution in [1.29, 1.82) is 0 Å². The quantitative estimate of drug-likeness (QED) is 0.800. The Labute approximate surface area is 104 Å². The first kappa shape index (κ1) is 11.5. The highest BCUT2D eigenvalue weighted by Crippen LogP contribution is 2.36. The molecule has 3 atom stereocenters. The van der Waals surface area contributed by atoms with Crippen molar-refractivity contribution >= 4 is 5.90 Å². The monoisotopic (exact) mass is 236 g/mol. The Kier molecular flexibility index (Phi) is 3.37. The Hall–Kier alpha value is -0.570. The first-order valence-electron chi connectivity index (χ1n) is 7.31. The zero-order valence-electron chi connectivity index (χ0n) is 10.6. The molecule has 3 rings (SSSR count). The lowest BCUT2D eigenvalue weighted by Crippen LogP contribution is -2.34. The van der Waals surface area contributed by atoms with Gasteiger partial charge >= 0.3 is 0 Å². The van der Waals surface area contributed by atoms with Crippen molar-refractivity contribution in [2.75, 3.05) is 6.54 Å². The summed E-state index contributed by atoms with van der Waals surface area (Å²) in [5.41, 5.74) is 5.77. The Bertz CT molecular complexity index is 297. The fourth-order valence-corrected chi connectivity index (χ4v) is 3.58. The number of aliphatic imine (C=N–C) groups is 1. The summed E-state index contributed by atoms with van der Waals surface area (Å²) in [5.74, 6) is 2.39.